The van der Waals surface area contributed by atoms with Crippen LogP contribution in [0.5, 0.6) is 5.75 Å². The number of nitrogens with two attached hydrogens (primary N) is 1. The number of ether oxygens (including phenoxy) is 1. The summed E-state index contributed by atoms with van der Waals surface area (Å²) in [4.78, 5) is 13.8. The zero-order chi connectivity index (χ0) is 13.5. The van der Waals surface area contributed by atoms with E-state index in [1.807, 2.05) is 38.1 Å². The van der Waals surface area contributed by atoms with Gasteiger partial charge in [-0.15, -0.1) is 0 Å². The predicted octanol–water partition coefficient (Wildman–Crippen LogP) is 1.43. The van der Waals surface area contributed by atoms with Crippen molar-refractivity contribution in [1.29, 1.82) is 0 Å². The van der Waals surface area contributed by atoms with E-state index in [0.717, 1.165) is 11.3 Å². The SMILES string of the molecule is CCN(CC)C(=O)[C@@H](N)Cc1ccc(OC)cc1. The van der Waals surface area contributed by atoms with Crippen molar-refractivity contribution >= 4 is 5.91 Å². The van der Waals surface area contributed by atoms with Gasteiger partial charge in [0.25, 0.3) is 0 Å². The summed E-state index contributed by atoms with van der Waals surface area (Å²) < 4.78 is 5.09. The summed E-state index contributed by atoms with van der Waals surface area (Å²) >= 11 is 0. The van der Waals surface area contributed by atoms with E-state index in [0.29, 0.717) is 19.5 Å². The van der Waals surface area contributed by atoms with Crippen molar-refractivity contribution in [3.8, 4) is 5.75 Å². The van der Waals surface area contributed by atoms with Crippen molar-refractivity contribution in [2.75, 3.05) is 20.2 Å². The van der Waals surface area contributed by atoms with Crippen LogP contribution in [-0.4, -0.2) is 37.0 Å². The molecule has 0 aliphatic rings. The number of benzene rings is 1. The molecule has 0 bridgehead atoms. The van der Waals surface area contributed by atoms with Gasteiger partial charge in [0.2, 0.25) is 5.91 Å². The fourth-order valence-electron chi connectivity index (χ4n) is 1.87. The zero-order valence-corrected chi connectivity index (χ0v) is 11.3. The largest absolute Gasteiger partial charge is 0.497 e. The predicted molar refractivity (Wildman–Crippen MR) is 72.6 cm³/mol. The van der Waals surface area contributed by atoms with Crippen LogP contribution in [0.3, 0.4) is 0 Å². The van der Waals surface area contributed by atoms with Crippen molar-refractivity contribution in [1.82, 2.24) is 4.90 Å². The van der Waals surface area contributed by atoms with Crippen molar-refractivity contribution < 1.29 is 9.53 Å². The Morgan fingerprint density at radius 2 is 1.83 bits per heavy atom. The summed E-state index contributed by atoms with van der Waals surface area (Å²) in [6.45, 7) is 5.32. The molecule has 1 aromatic rings. The van der Waals surface area contributed by atoms with Crippen molar-refractivity contribution in [3.05, 3.63) is 29.8 Å². The number of hydrogen-bond acceptors (Lipinski definition) is 3. The first-order valence-electron chi connectivity index (χ1n) is 6.29. The second-order valence-electron chi connectivity index (χ2n) is 4.17. The molecule has 0 spiro atoms. The standard InChI is InChI=1S/C14H22N2O2/c1-4-16(5-2)14(17)13(15)10-11-6-8-12(18-3)9-7-11/h6-9,13H,4-5,10,15H2,1-3H3/t13-/m0/s1. The van der Waals surface area contributed by atoms with Gasteiger partial charge in [-0.05, 0) is 38.0 Å². The molecule has 0 aromatic heterocycles. The third-order valence-corrected chi connectivity index (χ3v) is 3.01. The molecule has 2 N–H and O–H groups in total. The molecule has 4 nitrogen and oxygen atoms in total. The number of methoxy groups -OCH3 is 1. The maximum Gasteiger partial charge on any atom is 0.239 e. The minimum absolute atomic E-state index is 0.0100. The number of nitrogens with zero attached hydrogens (tertiary/aromatic N) is 1. The van der Waals surface area contributed by atoms with Gasteiger partial charge in [0.1, 0.15) is 5.75 Å². The molecular formula is C14H22N2O2. The van der Waals surface area contributed by atoms with Crippen molar-refractivity contribution in [3.63, 3.8) is 0 Å². The fourth-order valence-corrected chi connectivity index (χ4v) is 1.87. The van der Waals surface area contributed by atoms with E-state index in [1.165, 1.54) is 0 Å². The van der Waals surface area contributed by atoms with E-state index in [9.17, 15) is 4.79 Å². The molecule has 18 heavy (non-hydrogen) atoms. The summed E-state index contributed by atoms with van der Waals surface area (Å²) in [5, 5.41) is 0. The summed E-state index contributed by atoms with van der Waals surface area (Å²) in [5.74, 6) is 0.818. The Bertz CT molecular complexity index is 372. The van der Waals surface area contributed by atoms with Gasteiger partial charge >= 0.3 is 0 Å². The zero-order valence-electron chi connectivity index (χ0n) is 11.3. The summed E-state index contributed by atoms with van der Waals surface area (Å²) in [7, 11) is 1.63. The first kappa shape index (κ1) is 14.5. The molecule has 0 aliphatic carbocycles. The molecule has 0 heterocycles. The lowest BCUT2D eigenvalue weighted by Gasteiger charge is -2.22. The van der Waals surface area contributed by atoms with Crippen LogP contribution in [-0.2, 0) is 11.2 Å². The Kier molecular flexibility index (Phi) is 5.65. The summed E-state index contributed by atoms with van der Waals surface area (Å²) in [5.41, 5.74) is 6.99. The van der Waals surface area contributed by atoms with Crippen LogP contribution in [0, 0.1) is 0 Å². The number of carbonyl (C=O) groups excluding carboxylic acids is 1. The van der Waals surface area contributed by atoms with Crippen LogP contribution in [0.25, 0.3) is 0 Å². The van der Waals surface area contributed by atoms with E-state index < -0.39 is 6.04 Å². The van der Waals surface area contributed by atoms with Crippen LogP contribution in [0.2, 0.25) is 0 Å². The number of hydrogen-bond donors (Lipinski definition) is 1. The van der Waals surface area contributed by atoms with Crippen LogP contribution in [0.1, 0.15) is 19.4 Å². The van der Waals surface area contributed by atoms with Gasteiger partial charge < -0.3 is 15.4 Å². The normalized spacial score (nSPS) is 12.0. The van der Waals surface area contributed by atoms with Crippen LogP contribution in [0.15, 0.2) is 24.3 Å². The van der Waals surface area contributed by atoms with Gasteiger partial charge in [-0.1, -0.05) is 12.1 Å². The monoisotopic (exact) mass is 250 g/mol. The van der Waals surface area contributed by atoms with Crippen LogP contribution in [0.4, 0.5) is 0 Å². The molecule has 0 unspecified atom stereocenters. The van der Waals surface area contributed by atoms with Gasteiger partial charge in [0.05, 0.1) is 13.2 Å². The highest BCUT2D eigenvalue weighted by molar-refractivity contribution is 5.81. The molecule has 0 saturated carbocycles. The lowest BCUT2D eigenvalue weighted by molar-refractivity contribution is -0.132. The molecule has 1 amide bonds. The maximum atomic E-state index is 12.0. The highest BCUT2D eigenvalue weighted by Crippen LogP contribution is 2.12. The Hall–Kier alpha value is -1.55. The molecule has 1 rings (SSSR count). The number of likely N-dealkylation sites (N-methyl/N-ethyl adjacent to an activating group) is 1. The Labute approximate surface area is 109 Å². The Morgan fingerprint density at radius 3 is 2.28 bits per heavy atom. The van der Waals surface area contributed by atoms with E-state index >= 15 is 0 Å². The van der Waals surface area contributed by atoms with Gasteiger partial charge in [-0.25, -0.2) is 0 Å². The molecule has 4 heteroatoms. The van der Waals surface area contributed by atoms with E-state index in [2.05, 4.69) is 0 Å². The van der Waals surface area contributed by atoms with E-state index in [1.54, 1.807) is 12.0 Å². The van der Waals surface area contributed by atoms with E-state index in [4.69, 9.17) is 10.5 Å². The third kappa shape index (κ3) is 3.74. The highest BCUT2D eigenvalue weighted by Gasteiger charge is 2.18. The molecule has 0 radical (unpaired) electrons. The first-order valence-corrected chi connectivity index (χ1v) is 6.29. The average Bonchev–Trinajstić information content (AvgIpc) is 2.40. The highest BCUT2D eigenvalue weighted by atomic mass is 16.5. The minimum Gasteiger partial charge on any atom is -0.497 e. The fraction of sp³-hybridized carbons (Fsp3) is 0.500. The van der Waals surface area contributed by atoms with E-state index in [-0.39, 0.29) is 5.91 Å². The van der Waals surface area contributed by atoms with Gasteiger partial charge in [0.15, 0.2) is 0 Å². The van der Waals surface area contributed by atoms with Gasteiger partial charge in [0, 0.05) is 13.1 Å². The summed E-state index contributed by atoms with van der Waals surface area (Å²) in [6.07, 6.45) is 0.555. The molecule has 1 aromatic carbocycles. The molecule has 0 fully saturated rings. The van der Waals surface area contributed by atoms with Crippen molar-refractivity contribution in [2.24, 2.45) is 5.73 Å². The molecule has 0 aliphatic heterocycles. The number of carbonyl (C=O) groups is 1. The molecule has 100 valence electrons. The second kappa shape index (κ2) is 7.01. The smallest absolute Gasteiger partial charge is 0.239 e. The minimum atomic E-state index is -0.474. The van der Waals surface area contributed by atoms with Gasteiger partial charge in [-0.3, -0.25) is 4.79 Å². The second-order valence-corrected chi connectivity index (χ2v) is 4.17. The average molecular weight is 250 g/mol. The molecular weight excluding hydrogens is 228 g/mol. The quantitative estimate of drug-likeness (QED) is 0.831. The van der Waals surface area contributed by atoms with Crippen LogP contribution >= 0.6 is 0 Å². The number of amides is 1. The third-order valence-electron chi connectivity index (χ3n) is 3.01. The number of rotatable bonds is 6. The molecule has 1 atom stereocenters. The van der Waals surface area contributed by atoms with Gasteiger partial charge in [-0.2, -0.15) is 0 Å². The lowest BCUT2D eigenvalue weighted by atomic mass is 10.1. The van der Waals surface area contributed by atoms with Crippen molar-refractivity contribution in [2.45, 2.75) is 26.3 Å². The van der Waals surface area contributed by atoms with Crippen LogP contribution < -0.4 is 10.5 Å². The topological polar surface area (TPSA) is 55.6 Å². The maximum absolute atomic E-state index is 12.0. The lowest BCUT2D eigenvalue weighted by Crippen LogP contribution is -2.44. The summed E-state index contributed by atoms with van der Waals surface area (Å²) in [6, 6.07) is 7.16. The Morgan fingerprint density at radius 1 is 1.28 bits per heavy atom. The first-order chi connectivity index (χ1) is 8.62. The Balaban J connectivity index is 2.62. The molecule has 0 saturated heterocycles.